The maximum absolute atomic E-state index is 8.25. The fourth-order valence-electron chi connectivity index (χ4n) is 0. The molecule has 0 fully saturated rings. The van der Waals surface area contributed by atoms with Crippen molar-refractivity contribution in [3.05, 3.63) is 15.3 Å². The van der Waals surface area contributed by atoms with Gasteiger partial charge in [0.2, 0.25) is 0 Å². The van der Waals surface area contributed by atoms with Crippen LogP contribution < -0.4 is 0 Å². The third-order valence-corrected chi connectivity index (χ3v) is 0. The molecule has 18 N–H and O–H groups in total. The van der Waals surface area contributed by atoms with Gasteiger partial charge in [-0.1, -0.05) is 0 Å². The molecule has 0 bridgehead atoms. The predicted octanol–water partition coefficient (Wildman–Crippen LogP) is -7.66. The van der Waals surface area contributed by atoms with Crippen LogP contribution in [0.3, 0.4) is 0 Å². The Labute approximate surface area is 105 Å². The van der Waals surface area contributed by atoms with Gasteiger partial charge < -0.3 is 64.6 Å². The average molecular weight is 363 g/mol. The van der Waals surface area contributed by atoms with Crippen molar-refractivity contribution < 1.29 is 90.0 Å². The van der Waals surface area contributed by atoms with Crippen LogP contribution in [0.15, 0.2) is 0 Å². The van der Waals surface area contributed by atoms with Crippen LogP contribution in [0.4, 0.5) is 0 Å². The minimum absolute atomic E-state index is 0. The Morgan fingerprint density at radius 2 is 0.571 bits per heavy atom. The van der Waals surface area contributed by atoms with Gasteiger partial charge in [-0.15, -0.1) is 0 Å². The van der Waals surface area contributed by atoms with E-state index in [9.17, 15) is 0 Å². The Hall–Kier alpha value is 0.0348. The van der Waals surface area contributed by atoms with Crippen LogP contribution >= 0.6 is 0 Å². The normalized spacial score (nSPS) is 1.71. The minimum atomic E-state index is -1.75. The van der Waals surface area contributed by atoms with Crippen LogP contribution in [0.5, 0.6) is 0 Å². The SMILES string of the molecule is O.O.O.O.O.O.O.O.O.O=[N+]([O-])[O-].[La+3]. The smallest absolute Gasteiger partial charge is 0.412 e. The molecular formula is H18LaNO12+2. The quantitative estimate of drug-likeness (QED) is 0.299. The second-order valence-corrected chi connectivity index (χ2v) is 0.224. The summed E-state index contributed by atoms with van der Waals surface area (Å²) in [5, 5.41) is 14.8. The van der Waals surface area contributed by atoms with E-state index in [0.717, 1.165) is 0 Å². The minimum Gasteiger partial charge on any atom is -0.412 e. The van der Waals surface area contributed by atoms with Gasteiger partial charge in [0.25, 0.3) is 0 Å². The van der Waals surface area contributed by atoms with Crippen LogP contribution in [0.2, 0.25) is 0 Å². The number of nitrogens with zero attached hydrogens (tertiary/aromatic N) is 1. The summed E-state index contributed by atoms with van der Waals surface area (Å²) in [6.45, 7) is 0. The van der Waals surface area contributed by atoms with Crippen molar-refractivity contribution in [2.24, 2.45) is 0 Å². The Morgan fingerprint density at radius 3 is 0.571 bits per heavy atom. The summed E-state index contributed by atoms with van der Waals surface area (Å²) in [6, 6.07) is 0. The van der Waals surface area contributed by atoms with Gasteiger partial charge in [-0.25, -0.2) is 0 Å². The monoisotopic (exact) mass is 363 g/mol. The van der Waals surface area contributed by atoms with Crippen LogP contribution in [0, 0.1) is 50.9 Å². The largest absolute Gasteiger partial charge is 3.00 e. The third-order valence-electron chi connectivity index (χ3n) is 0. The fourth-order valence-corrected chi connectivity index (χ4v) is 0. The van der Waals surface area contributed by atoms with Gasteiger partial charge in [-0.2, -0.15) is 0 Å². The van der Waals surface area contributed by atoms with Crippen LogP contribution in [0.1, 0.15) is 0 Å². The molecule has 13 nitrogen and oxygen atoms in total. The molecule has 0 rings (SSSR count). The van der Waals surface area contributed by atoms with Gasteiger partial charge in [0.15, 0.2) is 0 Å². The van der Waals surface area contributed by atoms with Crippen molar-refractivity contribution in [2.45, 2.75) is 0 Å². The molecule has 0 saturated heterocycles. The Bertz CT molecular complexity index is 33.3. The molecule has 0 atom stereocenters. The fraction of sp³-hybridized carbons (Fsp3) is 0. The van der Waals surface area contributed by atoms with Crippen molar-refractivity contribution in [3.63, 3.8) is 0 Å². The molecule has 14 heavy (non-hydrogen) atoms. The van der Waals surface area contributed by atoms with Gasteiger partial charge in [-0.05, 0) is 0 Å². The van der Waals surface area contributed by atoms with Gasteiger partial charge in [-0.3, -0.25) is 0 Å². The van der Waals surface area contributed by atoms with E-state index in [1.54, 1.807) is 0 Å². The maximum Gasteiger partial charge on any atom is 3.00 e. The molecule has 0 saturated carbocycles. The number of hydrogen-bond acceptors (Lipinski definition) is 3. The molecule has 0 unspecified atom stereocenters. The summed E-state index contributed by atoms with van der Waals surface area (Å²) in [6.07, 6.45) is 0. The van der Waals surface area contributed by atoms with E-state index in [4.69, 9.17) is 15.3 Å². The van der Waals surface area contributed by atoms with E-state index in [2.05, 4.69) is 0 Å². The Kier molecular flexibility index (Phi) is 3790. The van der Waals surface area contributed by atoms with Crippen LogP contribution in [-0.2, 0) is 0 Å². The van der Waals surface area contributed by atoms with Crippen molar-refractivity contribution >= 4 is 0 Å². The second kappa shape index (κ2) is 205. The maximum atomic E-state index is 8.25. The molecule has 0 aromatic rings. The molecule has 0 amide bonds. The van der Waals surface area contributed by atoms with Gasteiger partial charge >= 0.3 is 35.6 Å². The molecule has 0 spiro atoms. The zero-order valence-electron chi connectivity index (χ0n) is 6.75. The summed E-state index contributed by atoms with van der Waals surface area (Å²) < 4.78 is 0. The van der Waals surface area contributed by atoms with Gasteiger partial charge in [0.05, 0.1) is 5.09 Å². The predicted molar refractivity (Wildman–Crippen MR) is 42.9 cm³/mol. The summed E-state index contributed by atoms with van der Waals surface area (Å²) >= 11 is 0. The van der Waals surface area contributed by atoms with Crippen molar-refractivity contribution in [1.29, 1.82) is 0 Å². The first-order chi connectivity index (χ1) is 1.73. The molecule has 0 aliphatic carbocycles. The first-order valence-corrected chi connectivity index (χ1v) is 0.548. The molecule has 0 aromatic carbocycles. The summed E-state index contributed by atoms with van der Waals surface area (Å²) in [5.74, 6) is 0. The van der Waals surface area contributed by atoms with E-state index in [0.29, 0.717) is 0 Å². The summed E-state index contributed by atoms with van der Waals surface area (Å²) in [4.78, 5) is 8.25. The molecule has 0 aliphatic rings. The second-order valence-electron chi connectivity index (χ2n) is 0.224. The molecule has 0 aliphatic heterocycles. The first-order valence-electron chi connectivity index (χ1n) is 0.548. The van der Waals surface area contributed by atoms with E-state index < -0.39 is 5.09 Å². The standard InChI is InChI=1S/La.NO3.9H2O/c;2-1(3)4;;;;;;;;;/h;;9*1H2/q+3;-1;;;;;;;;;. The molecular weight excluding hydrogens is 345 g/mol. The zero-order chi connectivity index (χ0) is 3.58. The van der Waals surface area contributed by atoms with E-state index in [1.165, 1.54) is 0 Å². The molecule has 0 radical (unpaired) electrons. The number of hydrogen-bond donors (Lipinski definition) is 0. The van der Waals surface area contributed by atoms with E-state index in [1.807, 2.05) is 0 Å². The molecule has 96 valence electrons. The van der Waals surface area contributed by atoms with E-state index >= 15 is 0 Å². The topological polar surface area (TPSA) is 350 Å². The van der Waals surface area contributed by atoms with Crippen molar-refractivity contribution in [3.8, 4) is 0 Å². The first kappa shape index (κ1) is 259. The third kappa shape index (κ3) is 1210000. The zero-order valence-corrected chi connectivity index (χ0v) is 10.4. The van der Waals surface area contributed by atoms with Gasteiger partial charge in [0, 0.05) is 0 Å². The molecule has 14 heteroatoms. The van der Waals surface area contributed by atoms with Crippen molar-refractivity contribution in [2.75, 3.05) is 0 Å². The molecule has 0 heterocycles. The average Bonchev–Trinajstić information content (AvgIpc) is 0.811. The van der Waals surface area contributed by atoms with Gasteiger partial charge in [0.1, 0.15) is 0 Å². The Morgan fingerprint density at radius 1 is 0.571 bits per heavy atom. The van der Waals surface area contributed by atoms with E-state index in [-0.39, 0.29) is 84.9 Å². The van der Waals surface area contributed by atoms with Crippen molar-refractivity contribution in [1.82, 2.24) is 0 Å². The number of rotatable bonds is 0. The molecule has 0 aromatic heterocycles. The summed E-state index contributed by atoms with van der Waals surface area (Å²) in [7, 11) is 0. The van der Waals surface area contributed by atoms with Crippen LogP contribution in [0.25, 0.3) is 0 Å². The van der Waals surface area contributed by atoms with Crippen LogP contribution in [-0.4, -0.2) is 54.4 Å². The Balaban J connectivity index is -0.000000001000. The summed E-state index contributed by atoms with van der Waals surface area (Å²) in [5.41, 5.74) is 0.